The first-order valence-electron chi connectivity index (χ1n) is 5.25. The van der Waals surface area contributed by atoms with Crippen LogP contribution in [0.2, 0.25) is 10.0 Å². The third-order valence-corrected chi connectivity index (χ3v) is 3.17. The number of benzene rings is 1. The van der Waals surface area contributed by atoms with E-state index in [0.717, 1.165) is 18.7 Å². The molecule has 0 aromatic heterocycles. The highest BCUT2D eigenvalue weighted by Crippen LogP contribution is 2.26. The third kappa shape index (κ3) is 4.20. The minimum absolute atomic E-state index is 0.148. The maximum atomic E-state index is 5.96. The molecule has 2 N–H and O–H groups in total. The number of anilines is 1. The lowest BCUT2D eigenvalue weighted by atomic mass is 10.0. The van der Waals surface area contributed by atoms with Gasteiger partial charge in [0.2, 0.25) is 0 Å². The highest BCUT2D eigenvalue weighted by Gasteiger charge is 2.12. The molecular weight excluding hydrogens is 243 g/mol. The standard InChI is InChI=1S/C12H18Cl2N2/c1-12(2,15)6-7-16(3)9-4-5-10(13)11(14)8-9/h4-5,8H,6-7,15H2,1-3H3. The summed E-state index contributed by atoms with van der Waals surface area (Å²) in [7, 11) is 2.02. The van der Waals surface area contributed by atoms with Crippen LogP contribution in [-0.2, 0) is 0 Å². The van der Waals surface area contributed by atoms with Gasteiger partial charge in [0.1, 0.15) is 0 Å². The highest BCUT2D eigenvalue weighted by molar-refractivity contribution is 6.42. The molecule has 0 saturated carbocycles. The topological polar surface area (TPSA) is 29.3 Å². The van der Waals surface area contributed by atoms with E-state index in [0.29, 0.717) is 10.0 Å². The summed E-state index contributed by atoms with van der Waals surface area (Å²) in [6.07, 6.45) is 0.920. The number of nitrogens with two attached hydrogens (primary N) is 1. The number of hydrogen-bond acceptors (Lipinski definition) is 2. The van der Waals surface area contributed by atoms with Crippen LogP contribution in [0.25, 0.3) is 0 Å². The normalized spacial score (nSPS) is 11.6. The van der Waals surface area contributed by atoms with Gasteiger partial charge < -0.3 is 10.6 Å². The Morgan fingerprint density at radius 3 is 2.38 bits per heavy atom. The van der Waals surface area contributed by atoms with E-state index in [4.69, 9.17) is 28.9 Å². The van der Waals surface area contributed by atoms with Crippen LogP contribution in [0.1, 0.15) is 20.3 Å². The zero-order valence-electron chi connectivity index (χ0n) is 9.93. The first-order chi connectivity index (χ1) is 7.29. The molecule has 1 aromatic carbocycles. The average molecular weight is 261 g/mol. The Bertz CT molecular complexity index is 359. The molecule has 0 aliphatic rings. The van der Waals surface area contributed by atoms with Crippen molar-refractivity contribution >= 4 is 28.9 Å². The molecule has 0 unspecified atom stereocenters. The van der Waals surface area contributed by atoms with Crippen LogP contribution in [0.15, 0.2) is 18.2 Å². The number of halogens is 2. The molecule has 0 atom stereocenters. The van der Waals surface area contributed by atoms with Crippen molar-refractivity contribution in [2.45, 2.75) is 25.8 Å². The van der Waals surface area contributed by atoms with E-state index in [1.807, 2.05) is 39.1 Å². The smallest absolute Gasteiger partial charge is 0.0612 e. The molecule has 0 radical (unpaired) electrons. The van der Waals surface area contributed by atoms with Crippen LogP contribution < -0.4 is 10.6 Å². The molecule has 0 aliphatic heterocycles. The van der Waals surface area contributed by atoms with E-state index < -0.39 is 0 Å². The molecule has 0 spiro atoms. The quantitative estimate of drug-likeness (QED) is 0.897. The summed E-state index contributed by atoms with van der Waals surface area (Å²) >= 11 is 11.8. The summed E-state index contributed by atoms with van der Waals surface area (Å²) in [5.41, 5.74) is 6.85. The van der Waals surface area contributed by atoms with Crippen molar-refractivity contribution in [3.8, 4) is 0 Å². The maximum Gasteiger partial charge on any atom is 0.0612 e. The largest absolute Gasteiger partial charge is 0.374 e. The molecule has 0 bridgehead atoms. The van der Waals surface area contributed by atoms with Crippen molar-refractivity contribution in [1.82, 2.24) is 0 Å². The Labute approximate surface area is 107 Å². The van der Waals surface area contributed by atoms with Crippen molar-refractivity contribution in [2.75, 3.05) is 18.5 Å². The van der Waals surface area contributed by atoms with Gasteiger partial charge in [-0.15, -0.1) is 0 Å². The van der Waals surface area contributed by atoms with Crippen LogP contribution >= 0.6 is 23.2 Å². The van der Waals surface area contributed by atoms with Crippen molar-refractivity contribution in [3.05, 3.63) is 28.2 Å². The Morgan fingerprint density at radius 2 is 1.88 bits per heavy atom. The van der Waals surface area contributed by atoms with Crippen LogP contribution in [0, 0.1) is 0 Å². The molecule has 2 nitrogen and oxygen atoms in total. The predicted molar refractivity (Wildman–Crippen MR) is 72.6 cm³/mol. The molecule has 16 heavy (non-hydrogen) atoms. The van der Waals surface area contributed by atoms with Crippen LogP contribution in [0.4, 0.5) is 5.69 Å². The maximum absolute atomic E-state index is 5.96. The summed E-state index contributed by atoms with van der Waals surface area (Å²) in [5.74, 6) is 0. The fraction of sp³-hybridized carbons (Fsp3) is 0.500. The van der Waals surface area contributed by atoms with Crippen LogP contribution in [0.3, 0.4) is 0 Å². The molecule has 0 fully saturated rings. The minimum Gasteiger partial charge on any atom is -0.374 e. The SMILES string of the molecule is CN(CCC(C)(C)N)c1ccc(Cl)c(Cl)c1. The molecule has 0 aliphatic carbocycles. The van der Waals surface area contributed by atoms with E-state index in [1.165, 1.54) is 0 Å². The molecule has 1 aromatic rings. The van der Waals surface area contributed by atoms with Crippen LogP contribution in [0.5, 0.6) is 0 Å². The van der Waals surface area contributed by atoms with Gasteiger partial charge in [-0.1, -0.05) is 23.2 Å². The number of hydrogen-bond donors (Lipinski definition) is 1. The van der Waals surface area contributed by atoms with E-state index in [2.05, 4.69) is 4.90 Å². The summed E-state index contributed by atoms with van der Waals surface area (Å²) in [4.78, 5) is 2.12. The minimum atomic E-state index is -0.148. The fourth-order valence-electron chi connectivity index (χ4n) is 1.31. The van der Waals surface area contributed by atoms with Gasteiger partial charge >= 0.3 is 0 Å². The van der Waals surface area contributed by atoms with Crippen molar-refractivity contribution < 1.29 is 0 Å². The second-order valence-corrected chi connectivity index (χ2v) is 5.57. The van der Waals surface area contributed by atoms with Gasteiger partial charge in [-0.2, -0.15) is 0 Å². The van der Waals surface area contributed by atoms with E-state index >= 15 is 0 Å². The van der Waals surface area contributed by atoms with Gasteiger partial charge in [0.25, 0.3) is 0 Å². The van der Waals surface area contributed by atoms with E-state index in [1.54, 1.807) is 0 Å². The van der Waals surface area contributed by atoms with Crippen molar-refractivity contribution in [1.29, 1.82) is 0 Å². The second kappa shape index (κ2) is 5.26. The monoisotopic (exact) mass is 260 g/mol. The van der Waals surface area contributed by atoms with E-state index in [9.17, 15) is 0 Å². The van der Waals surface area contributed by atoms with Crippen molar-refractivity contribution in [3.63, 3.8) is 0 Å². The second-order valence-electron chi connectivity index (χ2n) is 4.76. The lowest BCUT2D eigenvalue weighted by Gasteiger charge is -2.25. The molecule has 0 saturated heterocycles. The Hall–Kier alpha value is -0.440. The predicted octanol–water partition coefficient (Wildman–Crippen LogP) is 3.56. The first kappa shape index (κ1) is 13.6. The van der Waals surface area contributed by atoms with Crippen molar-refractivity contribution in [2.24, 2.45) is 5.73 Å². The lowest BCUT2D eigenvalue weighted by Crippen LogP contribution is -2.36. The number of rotatable bonds is 4. The summed E-state index contributed by atoms with van der Waals surface area (Å²) in [6.45, 7) is 4.94. The Morgan fingerprint density at radius 1 is 1.25 bits per heavy atom. The summed E-state index contributed by atoms with van der Waals surface area (Å²) < 4.78 is 0. The summed E-state index contributed by atoms with van der Waals surface area (Å²) in [6, 6.07) is 5.63. The van der Waals surface area contributed by atoms with Gasteiger partial charge in [0.15, 0.2) is 0 Å². The zero-order chi connectivity index (χ0) is 12.3. The van der Waals surface area contributed by atoms with Gasteiger partial charge in [-0.3, -0.25) is 0 Å². The Balaban J connectivity index is 2.66. The molecule has 0 heterocycles. The zero-order valence-corrected chi connectivity index (χ0v) is 11.4. The van der Waals surface area contributed by atoms with Gasteiger partial charge in [0, 0.05) is 24.8 Å². The molecule has 90 valence electrons. The average Bonchev–Trinajstić information content (AvgIpc) is 2.17. The molecular formula is C12H18Cl2N2. The van der Waals surface area contributed by atoms with Gasteiger partial charge in [-0.05, 0) is 38.5 Å². The van der Waals surface area contributed by atoms with Gasteiger partial charge in [-0.25, -0.2) is 0 Å². The third-order valence-electron chi connectivity index (χ3n) is 2.44. The van der Waals surface area contributed by atoms with E-state index in [-0.39, 0.29) is 5.54 Å². The highest BCUT2D eigenvalue weighted by atomic mass is 35.5. The van der Waals surface area contributed by atoms with Gasteiger partial charge in [0.05, 0.1) is 10.0 Å². The summed E-state index contributed by atoms with van der Waals surface area (Å²) in [5, 5.41) is 1.16. The first-order valence-corrected chi connectivity index (χ1v) is 6.00. The fourth-order valence-corrected chi connectivity index (χ4v) is 1.60. The molecule has 0 amide bonds. The van der Waals surface area contributed by atoms with Crippen LogP contribution in [-0.4, -0.2) is 19.1 Å². The Kier molecular flexibility index (Phi) is 4.48. The number of nitrogens with zero attached hydrogens (tertiary/aromatic N) is 1. The molecule has 4 heteroatoms. The molecule has 1 rings (SSSR count). The lowest BCUT2D eigenvalue weighted by molar-refractivity contribution is 0.479.